The van der Waals surface area contributed by atoms with Crippen LogP contribution in [0.2, 0.25) is 0 Å². The first-order chi connectivity index (χ1) is 8.85. The molecular formula is C16H25NO2. The first-order valence-corrected chi connectivity index (χ1v) is 6.78. The van der Waals surface area contributed by atoms with Gasteiger partial charge in [-0.3, -0.25) is 4.79 Å². The molecular weight excluding hydrogens is 238 g/mol. The molecule has 0 aromatic heterocycles. The van der Waals surface area contributed by atoms with E-state index in [0.29, 0.717) is 17.9 Å². The van der Waals surface area contributed by atoms with E-state index >= 15 is 0 Å². The fraction of sp³-hybridized carbons (Fsp3) is 0.562. The molecule has 0 aliphatic rings. The van der Waals surface area contributed by atoms with Gasteiger partial charge >= 0.3 is 0 Å². The molecule has 0 bridgehead atoms. The largest absolute Gasteiger partial charge is 0.496 e. The quantitative estimate of drug-likeness (QED) is 0.830. The summed E-state index contributed by atoms with van der Waals surface area (Å²) in [7, 11) is 1.59. The van der Waals surface area contributed by atoms with Crippen molar-refractivity contribution in [3.8, 4) is 5.75 Å². The summed E-state index contributed by atoms with van der Waals surface area (Å²) >= 11 is 0. The molecule has 0 amide bonds. The number of nitrogens with two attached hydrogens (primary N) is 1. The van der Waals surface area contributed by atoms with Gasteiger partial charge in [-0.2, -0.15) is 0 Å². The van der Waals surface area contributed by atoms with Crippen LogP contribution in [0.3, 0.4) is 0 Å². The van der Waals surface area contributed by atoms with Gasteiger partial charge in [0.15, 0.2) is 5.78 Å². The summed E-state index contributed by atoms with van der Waals surface area (Å²) in [6.45, 7) is 8.74. The Labute approximate surface area is 116 Å². The van der Waals surface area contributed by atoms with Crippen LogP contribution in [0.1, 0.15) is 50.0 Å². The van der Waals surface area contributed by atoms with Crippen molar-refractivity contribution in [2.24, 2.45) is 11.7 Å². The van der Waals surface area contributed by atoms with Crippen LogP contribution in [0.5, 0.6) is 5.75 Å². The summed E-state index contributed by atoms with van der Waals surface area (Å²) in [5, 5.41) is 0. The van der Waals surface area contributed by atoms with Crippen molar-refractivity contribution in [2.75, 3.05) is 13.7 Å². The Balaban J connectivity index is 3.27. The molecule has 106 valence electrons. The van der Waals surface area contributed by atoms with Crippen molar-refractivity contribution >= 4 is 5.78 Å². The van der Waals surface area contributed by atoms with Crippen LogP contribution in [0.4, 0.5) is 0 Å². The third-order valence-electron chi connectivity index (χ3n) is 3.48. The summed E-state index contributed by atoms with van der Waals surface area (Å²) in [4.78, 5) is 12.5. The van der Waals surface area contributed by atoms with Gasteiger partial charge in [-0.1, -0.05) is 33.8 Å². The van der Waals surface area contributed by atoms with Gasteiger partial charge in [-0.25, -0.2) is 0 Å². The first-order valence-electron chi connectivity index (χ1n) is 6.78. The second-order valence-corrected chi connectivity index (χ2v) is 5.87. The molecule has 1 aromatic carbocycles. The van der Waals surface area contributed by atoms with Gasteiger partial charge in [-0.05, 0) is 29.5 Å². The van der Waals surface area contributed by atoms with Crippen LogP contribution in [-0.4, -0.2) is 19.4 Å². The summed E-state index contributed by atoms with van der Waals surface area (Å²) in [6, 6.07) is 5.83. The van der Waals surface area contributed by atoms with Crippen molar-refractivity contribution in [1.29, 1.82) is 0 Å². The Kier molecular flexibility index (Phi) is 5.12. The molecule has 0 saturated carbocycles. The van der Waals surface area contributed by atoms with E-state index in [1.807, 2.05) is 25.1 Å². The smallest absolute Gasteiger partial charge is 0.170 e. The molecule has 3 heteroatoms. The van der Waals surface area contributed by atoms with Crippen LogP contribution in [0, 0.1) is 5.92 Å². The highest BCUT2D eigenvalue weighted by molar-refractivity contribution is 6.00. The number of ketones is 1. The number of hydrogen-bond acceptors (Lipinski definition) is 3. The highest BCUT2D eigenvalue weighted by Gasteiger charge is 2.23. The Morgan fingerprint density at radius 3 is 2.42 bits per heavy atom. The van der Waals surface area contributed by atoms with Crippen molar-refractivity contribution in [2.45, 2.75) is 39.5 Å². The molecule has 0 aliphatic heterocycles. The van der Waals surface area contributed by atoms with Gasteiger partial charge < -0.3 is 10.5 Å². The first kappa shape index (κ1) is 15.7. The number of benzene rings is 1. The fourth-order valence-corrected chi connectivity index (χ4v) is 2.05. The summed E-state index contributed by atoms with van der Waals surface area (Å²) in [6.07, 6.45) is 0.748. The lowest BCUT2D eigenvalue weighted by molar-refractivity contribution is 0.0918. The van der Waals surface area contributed by atoms with E-state index < -0.39 is 0 Å². The van der Waals surface area contributed by atoms with Crippen LogP contribution in [0.15, 0.2) is 18.2 Å². The molecule has 0 heterocycles. The molecule has 19 heavy (non-hydrogen) atoms. The molecule has 1 rings (SSSR count). The minimum Gasteiger partial charge on any atom is -0.496 e. The van der Waals surface area contributed by atoms with E-state index in [0.717, 1.165) is 12.0 Å². The van der Waals surface area contributed by atoms with Crippen LogP contribution < -0.4 is 10.5 Å². The van der Waals surface area contributed by atoms with Crippen molar-refractivity contribution < 1.29 is 9.53 Å². The lowest BCUT2D eigenvalue weighted by atomic mass is 9.84. The number of rotatable bonds is 5. The highest BCUT2D eigenvalue weighted by atomic mass is 16.5. The number of methoxy groups -OCH3 is 1. The van der Waals surface area contributed by atoms with Gasteiger partial charge in [0.2, 0.25) is 0 Å². The van der Waals surface area contributed by atoms with Gasteiger partial charge in [-0.15, -0.1) is 0 Å². The predicted octanol–water partition coefficient (Wildman–Crippen LogP) is 3.16. The number of carbonyl (C=O) groups excluding carboxylic acids is 1. The Morgan fingerprint density at radius 1 is 1.37 bits per heavy atom. The molecule has 1 atom stereocenters. The van der Waals surface area contributed by atoms with E-state index in [4.69, 9.17) is 10.5 Å². The van der Waals surface area contributed by atoms with Gasteiger partial charge in [0.05, 0.1) is 12.7 Å². The average molecular weight is 263 g/mol. The molecule has 0 spiro atoms. The minimum atomic E-state index is -0.135. The molecule has 0 radical (unpaired) electrons. The molecule has 0 saturated heterocycles. The Bertz CT molecular complexity index is 443. The molecule has 0 aliphatic carbocycles. The third-order valence-corrected chi connectivity index (χ3v) is 3.48. The maximum Gasteiger partial charge on any atom is 0.170 e. The van der Waals surface area contributed by atoms with E-state index in [1.54, 1.807) is 7.11 Å². The lowest BCUT2D eigenvalue weighted by Crippen LogP contribution is -2.24. The summed E-state index contributed by atoms with van der Waals surface area (Å²) in [5.74, 6) is 0.571. The molecule has 1 unspecified atom stereocenters. The van der Waals surface area contributed by atoms with Crippen molar-refractivity contribution in [3.05, 3.63) is 29.3 Å². The maximum atomic E-state index is 12.5. The molecule has 2 N–H and O–H groups in total. The van der Waals surface area contributed by atoms with E-state index in [1.165, 1.54) is 0 Å². The highest BCUT2D eigenvalue weighted by Crippen LogP contribution is 2.29. The lowest BCUT2D eigenvalue weighted by Gasteiger charge is -2.22. The standard InChI is InChI=1S/C16H25NO2/c1-6-11(10-17)15(18)13-9-12(16(2,3)4)7-8-14(13)19-5/h7-9,11H,6,10,17H2,1-5H3. The topological polar surface area (TPSA) is 52.3 Å². The average Bonchev–Trinajstić information content (AvgIpc) is 2.38. The SMILES string of the molecule is CCC(CN)C(=O)c1cc(C(C)(C)C)ccc1OC. The third kappa shape index (κ3) is 3.57. The predicted molar refractivity (Wildman–Crippen MR) is 78.9 cm³/mol. The van der Waals surface area contributed by atoms with E-state index in [2.05, 4.69) is 20.8 Å². The van der Waals surface area contributed by atoms with Crippen LogP contribution in [-0.2, 0) is 5.41 Å². The molecule has 0 fully saturated rings. The molecule has 1 aromatic rings. The number of ether oxygens (including phenoxy) is 1. The second kappa shape index (κ2) is 6.20. The maximum absolute atomic E-state index is 12.5. The molecule has 3 nitrogen and oxygen atoms in total. The second-order valence-electron chi connectivity index (χ2n) is 5.87. The van der Waals surface area contributed by atoms with Gasteiger partial charge in [0.25, 0.3) is 0 Å². The Morgan fingerprint density at radius 2 is 2.00 bits per heavy atom. The Hall–Kier alpha value is -1.35. The van der Waals surface area contributed by atoms with E-state index in [-0.39, 0.29) is 17.1 Å². The van der Waals surface area contributed by atoms with Gasteiger partial charge in [0, 0.05) is 12.5 Å². The zero-order valence-electron chi connectivity index (χ0n) is 12.6. The van der Waals surface area contributed by atoms with Crippen LogP contribution in [0.25, 0.3) is 0 Å². The van der Waals surface area contributed by atoms with Gasteiger partial charge in [0.1, 0.15) is 5.75 Å². The van der Waals surface area contributed by atoms with Crippen molar-refractivity contribution in [3.63, 3.8) is 0 Å². The summed E-state index contributed by atoms with van der Waals surface area (Å²) < 4.78 is 5.31. The normalized spacial score (nSPS) is 13.2. The van der Waals surface area contributed by atoms with E-state index in [9.17, 15) is 4.79 Å². The zero-order valence-corrected chi connectivity index (χ0v) is 12.6. The summed E-state index contributed by atoms with van der Waals surface area (Å²) in [5.41, 5.74) is 7.45. The van der Waals surface area contributed by atoms with Crippen molar-refractivity contribution in [1.82, 2.24) is 0 Å². The number of Topliss-reactive ketones (excluding diaryl/α,β-unsaturated/α-hetero) is 1. The number of carbonyl (C=O) groups is 1. The zero-order chi connectivity index (χ0) is 14.6. The minimum absolute atomic E-state index is 0.00568. The number of hydrogen-bond donors (Lipinski definition) is 1. The monoisotopic (exact) mass is 263 g/mol. The van der Waals surface area contributed by atoms with Crippen LogP contribution >= 0.6 is 0 Å². The fourth-order valence-electron chi connectivity index (χ4n) is 2.05.